The molecule has 0 atom stereocenters. The first-order chi connectivity index (χ1) is 10.3. The van der Waals surface area contributed by atoms with Gasteiger partial charge in [-0.2, -0.15) is 0 Å². The lowest BCUT2D eigenvalue weighted by molar-refractivity contribution is 0.0264. The van der Waals surface area contributed by atoms with Crippen LogP contribution in [-0.2, 0) is 11.2 Å². The molecule has 0 aliphatic carbocycles. The third-order valence-corrected chi connectivity index (χ3v) is 3.78. The Morgan fingerprint density at radius 3 is 2.90 bits per heavy atom. The molecule has 0 spiro atoms. The van der Waals surface area contributed by atoms with Crippen molar-refractivity contribution in [2.45, 2.75) is 32.3 Å². The molecule has 1 fully saturated rings. The van der Waals surface area contributed by atoms with E-state index in [-0.39, 0.29) is 0 Å². The van der Waals surface area contributed by atoms with Gasteiger partial charge in [0.15, 0.2) is 5.96 Å². The second-order valence-electron chi connectivity index (χ2n) is 5.23. The van der Waals surface area contributed by atoms with Crippen LogP contribution in [0.4, 0.5) is 0 Å². The van der Waals surface area contributed by atoms with Crippen molar-refractivity contribution in [3.8, 4) is 0 Å². The van der Waals surface area contributed by atoms with Gasteiger partial charge in [0.2, 0.25) is 0 Å². The predicted octanol–water partition coefficient (Wildman–Crippen LogP) is 1.70. The molecule has 0 radical (unpaired) electrons. The molecule has 1 saturated heterocycles. The van der Waals surface area contributed by atoms with E-state index in [1.165, 1.54) is 5.56 Å². The van der Waals surface area contributed by atoms with Gasteiger partial charge >= 0.3 is 0 Å². The molecule has 1 N–H and O–H groups in total. The second kappa shape index (κ2) is 8.62. The Morgan fingerprint density at radius 2 is 2.29 bits per heavy atom. The average molecular weight is 290 g/mol. The van der Waals surface area contributed by atoms with Crippen molar-refractivity contribution in [3.05, 3.63) is 30.1 Å². The topological polar surface area (TPSA) is 49.8 Å². The number of guanidine groups is 1. The zero-order chi connectivity index (χ0) is 14.9. The fourth-order valence-electron chi connectivity index (χ4n) is 2.67. The molecule has 0 amide bonds. The lowest BCUT2D eigenvalue weighted by Gasteiger charge is -2.34. The summed E-state index contributed by atoms with van der Waals surface area (Å²) in [5.74, 6) is 0.994. The molecular formula is C16H26N4O. The summed E-state index contributed by atoms with van der Waals surface area (Å²) in [7, 11) is 1.85. The fourth-order valence-corrected chi connectivity index (χ4v) is 2.67. The van der Waals surface area contributed by atoms with E-state index < -0.39 is 0 Å². The van der Waals surface area contributed by atoms with Gasteiger partial charge in [-0.15, -0.1) is 0 Å². The van der Waals surface area contributed by atoms with Crippen LogP contribution in [0.25, 0.3) is 0 Å². The van der Waals surface area contributed by atoms with Crippen LogP contribution in [0.5, 0.6) is 0 Å². The molecule has 1 aliphatic heterocycles. The standard InChI is InChI=1S/C16H26N4O/c1-3-21-15-7-11-20(12-8-15)16(17-2)19-10-6-14-5-4-9-18-13-14/h4-5,9,13,15H,3,6-8,10-12H2,1-2H3,(H,17,19). The summed E-state index contributed by atoms with van der Waals surface area (Å²) in [4.78, 5) is 10.8. The van der Waals surface area contributed by atoms with E-state index in [1.54, 1.807) is 6.20 Å². The first kappa shape index (κ1) is 15.8. The van der Waals surface area contributed by atoms with Gasteiger partial charge in [0.1, 0.15) is 0 Å². The Hall–Kier alpha value is -1.62. The molecule has 21 heavy (non-hydrogen) atoms. The van der Waals surface area contributed by atoms with Gasteiger partial charge in [0, 0.05) is 45.7 Å². The summed E-state index contributed by atoms with van der Waals surface area (Å²) < 4.78 is 5.69. The zero-order valence-electron chi connectivity index (χ0n) is 13.1. The smallest absolute Gasteiger partial charge is 0.193 e. The molecule has 1 aromatic rings. The van der Waals surface area contributed by atoms with Gasteiger partial charge in [-0.1, -0.05) is 6.07 Å². The Kier molecular flexibility index (Phi) is 6.47. The number of rotatable bonds is 5. The maximum Gasteiger partial charge on any atom is 0.193 e. The number of ether oxygens (including phenoxy) is 1. The number of aliphatic imine (C=N–C) groups is 1. The number of pyridine rings is 1. The highest BCUT2D eigenvalue weighted by atomic mass is 16.5. The molecule has 2 rings (SSSR count). The zero-order valence-corrected chi connectivity index (χ0v) is 13.1. The van der Waals surface area contributed by atoms with Crippen LogP contribution in [0, 0.1) is 0 Å². The lowest BCUT2D eigenvalue weighted by Crippen LogP contribution is -2.47. The molecule has 5 heteroatoms. The van der Waals surface area contributed by atoms with E-state index in [0.717, 1.165) is 51.5 Å². The number of hydrogen-bond acceptors (Lipinski definition) is 3. The van der Waals surface area contributed by atoms with Crippen molar-refractivity contribution >= 4 is 5.96 Å². The van der Waals surface area contributed by atoms with E-state index in [0.29, 0.717) is 6.10 Å². The highest BCUT2D eigenvalue weighted by Gasteiger charge is 2.21. The highest BCUT2D eigenvalue weighted by molar-refractivity contribution is 5.79. The van der Waals surface area contributed by atoms with Gasteiger partial charge in [-0.25, -0.2) is 0 Å². The summed E-state index contributed by atoms with van der Waals surface area (Å²) >= 11 is 0. The van der Waals surface area contributed by atoms with Gasteiger partial charge in [0.25, 0.3) is 0 Å². The third kappa shape index (κ3) is 5.01. The Bertz CT molecular complexity index is 427. The minimum absolute atomic E-state index is 0.416. The first-order valence-electron chi connectivity index (χ1n) is 7.79. The maximum atomic E-state index is 5.69. The van der Waals surface area contributed by atoms with Crippen molar-refractivity contribution in [1.29, 1.82) is 0 Å². The molecule has 0 unspecified atom stereocenters. The number of aromatic nitrogens is 1. The van der Waals surface area contributed by atoms with Crippen molar-refractivity contribution in [3.63, 3.8) is 0 Å². The van der Waals surface area contributed by atoms with Gasteiger partial charge in [-0.05, 0) is 37.8 Å². The summed E-state index contributed by atoms with van der Waals surface area (Å²) in [5, 5.41) is 3.44. The lowest BCUT2D eigenvalue weighted by atomic mass is 10.1. The molecule has 2 heterocycles. The van der Waals surface area contributed by atoms with Crippen LogP contribution in [0.15, 0.2) is 29.5 Å². The maximum absolute atomic E-state index is 5.69. The number of nitrogens with zero attached hydrogens (tertiary/aromatic N) is 3. The largest absolute Gasteiger partial charge is 0.378 e. The minimum Gasteiger partial charge on any atom is -0.378 e. The van der Waals surface area contributed by atoms with Crippen LogP contribution >= 0.6 is 0 Å². The van der Waals surface area contributed by atoms with Crippen LogP contribution < -0.4 is 5.32 Å². The second-order valence-corrected chi connectivity index (χ2v) is 5.23. The van der Waals surface area contributed by atoms with E-state index >= 15 is 0 Å². The summed E-state index contributed by atoms with van der Waals surface area (Å²) in [6.45, 7) is 5.77. The van der Waals surface area contributed by atoms with Gasteiger partial charge in [-0.3, -0.25) is 9.98 Å². The molecular weight excluding hydrogens is 264 g/mol. The van der Waals surface area contributed by atoms with E-state index in [4.69, 9.17) is 4.74 Å². The summed E-state index contributed by atoms with van der Waals surface area (Å²) in [6.07, 6.45) is 7.26. The first-order valence-corrected chi connectivity index (χ1v) is 7.79. The van der Waals surface area contributed by atoms with Crippen LogP contribution in [0.2, 0.25) is 0 Å². The summed E-state index contributed by atoms with van der Waals surface area (Å²) in [6, 6.07) is 4.08. The SMILES string of the molecule is CCOC1CCN(C(=NC)NCCc2cccnc2)CC1. The molecule has 1 aromatic heterocycles. The van der Waals surface area contributed by atoms with Crippen molar-refractivity contribution in [1.82, 2.24) is 15.2 Å². The molecule has 116 valence electrons. The van der Waals surface area contributed by atoms with E-state index in [9.17, 15) is 0 Å². The molecule has 0 aromatic carbocycles. The molecule has 5 nitrogen and oxygen atoms in total. The third-order valence-electron chi connectivity index (χ3n) is 3.78. The Morgan fingerprint density at radius 1 is 1.48 bits per heavy atom. The molecule has 0 bridgehead atoms. The number of piperidine rings is 1. The van der Waals surface area contributed by atoms with Gasteiger partial charge in [0.05, 0.1) is 6.10 Å². The normalized spacial score (nSPS) is 17.0. The van der Waals surface area contributed by atoms with Crippen LogP contribution in [0.3, 0.4) is 0 Å². The Balaban J connectivity index is 1.74. The van der Waals surface area contributed by atoms with Crippen LogP contribution in [0.1, 0.15) is 25.3 Å². The van der Waals surface area contributed by atoms with E-state index in [1.807, 2.05) is 19.3 Å². The van der Waals surface area contributed by atoms with Crippen molar-refractivity contribution in [2.75, 3.05) is 33.3 Å². The van der Waals surface area contributed by atoms with Crippen LogP contribution in [-0.4, -0.2) is 55.2 Å². The fraction of sp³-hybridized carbons (Fsp3) is 0.625. The Labute approximate surface area is 127 Å². The molecule has 0 saturated carbocycles. The van der Waals surface area contributed by atoms with Crippen molar-refractivity contribution in [2.24, 2.45) is 4.99 Å². The van der Waals surface area contributed by atoms with Gasteiger partial charge < -0.3 is 15.0 Å². The molecule has 1 aliphatic rings. The quantitative estimate of drug-likeness (QED) is 0.662. The van der Waals surface area contributed by atoms with E-state index in [2.05, 4.69) is 33.2 Å². The predicted molar refractivity (Wildman–Crippen MR) is 85.5 cm³/mol. The summed E-state index contributed by atoms with van der Waals surface area (Å²) in [5.41, 5.74) is 1.25. The number of nitrogens with one attached hydrogen (secondary N) is 1. The number of hydrogen-bond donors (Lipinski definition) is 1. The van der Waals surface area contributed by atoms with Crippen molar-refractivity contribution < 1.29 is 4.74 Å². The number of likely N-dealkylation sites (tertiary alicyclic amines) is 1. The monoisotopic (exact) mass is 290 g/mol. The highest BCUT2D eigenvalue weighted by Crippen LogP contribution is 2.13. The minimum atomic E-state index is 0.416. The average Bonchev–Trinajstić information content (AvgIpc) is 2.54.